The number of hydrogen-bond acceptors (Lipinski definition) is 6. The van der Waals surface area contributed by atoms with Crippen molar-refractivity contribution in [1.29, 1.82) is 0 Å². The molecule has 8 nitrogen and oxygen atoms in total. The molecule has 1 aromatic heterocycles. The number of methoxy groups -OCH3 is 1. The molecule has 0 unspecified atom stereocenters. The molecule has 1 aromatic carbocycles. The predicted molar refractivity (Wildman–Crippen MR) is 85.8 cm³/mol. The summed E-state index contributed by atoms with van der Waals surface area (Å²) in [5.41, 5.74) is 2.23. The molecule has 8 heteroatoms. The number of nitro benzene ring substituents is 1. The second-order valence-electron chi connectivity index (χ2n) is 5.31. The Kier molecular flexibility index (Phi) is 5.51. The Bertz CT molecular complexity index is 754. The Labute approximate surface area is 139 Å². The number of aromatic nitrogens is 2. The molecule has 1 heterocycles. The summed E-state index contributed by atoms with van der Waals surface area (Å²) in [5, 5.41) is 15.1. The van der Waals surface area contributed by atoms with Crippen molar-refractivity contribution >= 4 is 11.7 Å². The topological polar surface area (TPSA) is 96.5 Å². The molecular weight excluding hydrogens is 314 g/mol. The lowest BCUT2D eigenvalue weighted by atomic mass is 10.2. The number of non-ortho nitro benzene ring substituents is 1. The maximum atomic E-state index is 11.9. The lowest BCUT2D eigenvalue weighted by Gasteiger charge is -2.09. The summed E-state index contributed by atoms with van der Waals surface area (Å²) in [7, 11) is 1.45. The van der Waals surface area contributed by atoms with Gasteiger partial charge >= 0.3 is 5.97 Å². The minimum atomic E-state index is -0.506. The molecule has 0 aliphatic heterocycles. The quantitative estimate of drug-likeness (QED) is 0.439. The van der Waals surface area contributed by atoms with E-state index < -0.39 is 10.9 Å². The summed E-state index contributed by atoms with van der Waals surface area (Å²) in [6, 6.07) is 6.09. The van der Waals surface area contributed by atoms with Crippen LogP contribution in [0.3, 0.4) is 0 Å². The van der Waals surface area contributed by atoms with E-state index in [-0.39, 0.29) is 18.7 Å². The van der Waals surface area contributed by atoms with E-state index in [0.717, 1.165) is 11.4 Å². The minimum Gasteiger partial charge on any atom is -0.496 e. The van der Waals surface area contributed by atoms with Gasteiger partial charge in [-0.3, -0.25) is 19.6 Å². The monoisotopic (exact) mass is 333 g/mol. The number of hydrogen-bond donors (Lipinski definition) is 0. The van der Waals surface area contributed by atoms with Crippen molar-refractivity contribution in [3.8, 4) is 5.75 Å². The van der Waals surface area contributed by atoms with Gasteiger partial charge in [-0.1, -0.05) is 0 Å². The van der Waals surface area contributed by atoms with Gasteiger partial charge in [0.2, 0.25) is 0 Å². The first-order chi connectivity index (χ1) is 11.4. The van der Waals surface area contributed by atoms with Crippen LogP contribution in [0.4, 0.5) is 5.69 Å². The fourth-order valence-electron chi connectivity index (χ4n) is 2.32. The number of carbonyl (C=O) groups excluding carboxylic acids is 1. The standard InChI is InChI=1S/C16H19N3O5/c1-11-8-12(2)18(17-11)7-6-16(20)24-10-13-9-14(19(21)22)4-5-15(13)23-3/h4-5,8-9H,6-7,10H2,1-3H3. The van der Waals surface area contributed by atoms with Crippen LogP contribution in [-0.4, -0.2) is 27.8 Å². The van der Waals surface area contributed by atoms with Crippen molar-refractivity contribution in [2.75, 3.05) is 7.11 Å². The van der Waals surface area contributed by atoms with Crippen molar-refractivity contribution in [3.63, 3.8) is 0 Å². The van der Waals surface area contributed by atoms with E-state index in [9.17, 15) is 14.9 Å². The van der Waals surface area contributed by atoms with Crippen molar-refractivity contribution in [3.05, 3.63) is 51.3 Å². The Morgan fingerprint density at radius 3 is 2.67 bits per heavy atom. The molecule has 0 aliphatic carbocycles. The average molecular weight is 333 g/mol. The Balaban J connectivity index is 1.94. The van der Waals surface area contributed by atoms with E-state index in [2.05, 4.69) is 5.10 Å². The molecule has 0 N–H and O–H groups in total. The fraction of sp³-hybridized carbons (Fsp3) is 0.375. The van der Waals surface area contributed by atoms with Gasteiger partial charge < -0.3 is 9.47 Å². The first kappa shape index (κ1) is 17.5. The minimum absolute atomic E-state index is 0.0792. The average Bonchev–Trinajstić information content (AvgIpc) is 2.88. The molecule has 0 radical (unpaired) electrons. The summed E-state index contributed by atoms with van der Waals surface area (Å²) in [6.07, 6.45) is 0.166. The fourth-order valence-corrected chi connectivity index (χ4v) is 2.32. The zero-order valence-corrected chi connectivity index (χ0v) is 13.8. The molecule has 0 spiro atoms. The van der Waals surface area contributed by atoms with Gasteiger partial charge in [0.05, 0.1) is 30.7 Å². The maximum absolute atomic E-state index is 11.9. The van der Waals surface area contributed by atoms with Crippen molar-refractivity contribution in [2.45, 2.75) is 33.4 Å². The third-order valence-corrected chi connectivity index (χ3v) is 3.49. The zero-order chi connectivity index (χ0) is 17.7. The van der Waals surface area contributed by atoms with Crippen LogP contribution in [0.25, 0.3) is 0 Å². The van der Waals surface area contributed by atoms with Crippen molar-refractivity contribution in [2.24, 2.45) is 0 Å². The predicted octanol–water partition coefficient (Wildman–Crippen LogP) is 2.55. The summed E-state index contributed by atoms with van der Waals surface area (Å²) in [5.74, 6) is 0.0306. The molecule has 0 bridgehead atoms. The smallest absolute Gasteiger partial charge is 0.308 e. The number of ether oxygens (including phenoxy) is 2. The van der Waals surface area contributed by atoms with Crippen LogP contribution in [0.15, 0.2) is 24.3 Å². The molecule has 0 amide bonds. The highest BCUT2D eigenvalue weighted by molar-refractivity contribution is 5.69. The first-order valence-corrected chi connectivity index (χ1v) is 7.38. The Hall–Kier alpha value is -2.90. The lowest BCUT2D eigenvalue weighted by molar-refractivity contribution is -0.385. The van der Waals surface area contributed by atoms with Gasteiger partial charge in [-0.05, 0) is 26.0 Å². The Morgan fingerprint density at radius 1 is 1.33 bits per heavy atom. The third kappa shape index (κ3) is 4.31. The van der Waals surface area contributed by atoms with Gasteiger partial charge in [0.15, 0.2) is 0 Å². The molecule has 2 aromatic rings. The molecule has 0 fully saturated rings. The van der Waals surface area contributed by atoms with Crippen molar-refractivity contribution < 1.29 is 19.2 Å². The normalized spacial score (nSPS) is 10.5. The molecule has 0 saturated carbocycles. The maximum Gasteiger partial charge on any atom is 0.308 e. The second kappa shape index (κ2) is 7.58. The SMILES string of the molecule is COc1ccc([N+](=O)[O-])cc1COC(=O)CCn1nc(C)cc1C. The van der Waals surface area contributed by atoms with Gasteiger partial charge in [0, 0.05) is 23.4 Å². The van der Waals surface area contributed by atoms with Crippen LogP contribution in [0.1, 0.15) is 23.4 Å². The molecule has 128 valence electrons. The molecular formula is C16H19N3O5. The highest BCUT2D eigenvalue weighted by Crippen LogP contribution is 2.24. The van der Waals surface area contributed by atoms with E-state index in [0.29, 0.717) is 17.9 Å². The largest absolute Gasteiger partial charge is 0.496 e. The van der Waals surface area contributed by atoms with Crippen LogP contribution in [-0.2, 0) is 22.7 Å². The van der Waals surface area contributed by atoms with Gasteiger partial charge in [-0.2, -0.15) is 5.10 Å². The third-order valence-electron chi connectivity index (χ3n) is 3.49. The number of benzene rings is 1. The van der Waals surface area contributed by atoms with Gasteiger partial charge in [0.25, 0.3) is 5.69 Å². The van der Waals surface area contributed by atoms with Crippen LogP contribution >= 0.6 is 0 Å². The highest BCUT2D eigenvalue weighted by atomic mass is 16.6. The van der Waals surface area contributed by atoms with Crippen LogP contribution < -0.4 is 4.74 Å². The van der Waals surface area contributed by atoms with Gasteiger partial charge in [-0.15, -0.1) is 0 Å². The molecule has 2 rings (SSSR count). The number of nitro groups is 1. The number of esters is 1. The number of carbonyl (C=O) groups is 1. The molecule has 0 atom stereocenters. The summed E-state index contributed by atoms with van der Waals surface area (Å²) in [6.45, 7) is 4.14. The molecule has 0 aliphatic rings. The van der Waals surface area contributed by atoms with Crippen LogP contribution in [0.2, 0.25) is 0 Å². The number of nitrogens with zero attached hydrogens (tertiary/aromatic N) is 3. The first-order valence-electron chi connectivity index (χ1n) is 7.38. The summed E-state index contributed by atoms with van der Waals surface area (Å²) >= 11 is 0. The number of aryl methyl sites for hydroxylation is 3. The van der Waals surface area contributed by atoms with Crippen LogP contribution in [0.5, 0.6) is 5.75 Å². The van der Waals surface area contributed by atoms with E-state index in [1.807, 2.05) is 19.9 Å². The van der Waals surface area contributed by atoms with Gasteiger partial charge in [0.1, 0.15) is 12.4 Å². The van der Waals surface area contributed by atoms with E-state index in [1.165, 1.54) is 25.3 Å². The molecule has 24 heavy (non-hydrogen) atoms. The van der Waals surface area contributed by atoms with Gasteiger partial charge in [-0.25, -0.2) is 0 Å². The van der Waals surface area contributed by atoms with E-state index in [1.54, 1.807) is 4.68 Å². The summed E-state index contributed by atoms with van der Waals surface area (Å²) in [4.78, 5) is 22.2. The van der Waals surface area contributed by atoms with Crippen LogP contribution in [0, 0.1) is 24.0 Å². The lowest BCUT2D eigenvalue weighted by Crippen LogP contribution is -2.11. The number of rotatable bonds is 7. The molecule has 0 saturated heterocycles. The van der Waals surface area contributed by atoms with E-state index in [4.69, 9.17) is 9.47 Å². The zero-order valence-electron chi connectivity index (χ0n) is 13.8. The van der Waals surface area contributed by atoms with Crippen molar-refractivity contribution in [1.82, 2.24) is 9.78 Å². The summed E-state index contributed by atoms with van der Waals surface area (Å²) < 4.78 is 12.1. The Morgan fingerprint density at radius 2 is 2.08 bits per heavy atom. The van der Waals surface area contributed by atoms with E-state index >= 15 is 0 Å². The highest BCUT2D eigenvalue weighted by Gasteiger charge is 2.13. The second-order valence-corrected chi connectivity index (χ2v) is 5.31.